The molecule has 1 aromatic heterocycles. The van der Waals surface area contributed by atoms with Crippen molar-refractivity contribution in [2.24, 2.45) is 0 Å². The number of carbonyl (C=O) groups is 2. The quantitative estimate of drug-likeness (QED) is 0.565. The normalized spacial score (nSPS) is 11.5. The van der Waals surface area contributed by atoms with Crippen LogP contribution in [0.25, 0.3) is 0 Å². The van der Waals surface area contributed by atoms with E-state index in [0.29, 0.717) is 11.4 Å². The summed E-state index contributed by atoms with van der Waals surface area (Å²) >= 11 is 2.87. The van der Waals surface area contributed by atoms with E-state index in [1.807, 2.05) is 36.4 Å². The van der Waals surface area contributed by atoms with Crippen LogP contribution in [0.5, 0.6) is 5.75 Å². The van der Waals surface area contributed by atoms with Crippen molar-refractivity contribution in [1.29, 1.82) is 0 Å². The number of nitrogens with zero attached hydrogens (tertiary/aromatic N) is 2. The number of hydrogen-bond donors (Lipinski definition) is 2. The maximum absolute atomic E-state index is 12.7. The molecule has 0 spiro atoms. The van der Waals surface area contributed by atoms with E-state index in [1.165, 1.54) is 30.0 Å². The fourth-order valence-corrected chi connectivity index (χ4v) is 4.20. The van der Waals surface area contributed by atoms with Gasteiger partial charge in [-0.3, -0.25) is 9.59 Å². The van der Waals surface area contributed by atoms with Crippen molar-refractivity contribution in [1.82, 2.24) is 15.5 Å². The van der Waals surface area contributed by atoms with Gasteiger partial charge in [0.05, 0.1) is 25.3 Å². The molecule has 0 bridgehead atoms. The highest BCUT2D eigenvalue weighted by molar-refractivity contribution is 8.01. The van der Waals surface area contributed by atoms with Gasteiger partial charge in [0.2, 0.25) is 11.8 Å². The Labute approximate surface area is 176 Å². The number of benzene rings is 2. The second-order valence-electron chi connectivity index (χ2n) is 6.08. The van der Waals surface area contributed by atoms with Gasteiger partial charge in [-0.05, 0) is 29.8 Å². The van der Waals surface area contributed by atoms with Crippen LogP contribution in [0.1, 0.15) is 24.9 Å². The summed E-state index contributed by atoms with van der Waals surface area (Å²) in [6, 6.07) is 14.3. The summed E-state index contributed by atoms with van der Waals surface area (Å²) in [6.45, 7) is 1.43. The molecule has 2 amide bonds. The highest BCUT2D eigenvalue weighted by Gasteiger charge is 2.18. The molecule has 7 nitrogen and oxygen atoms in total. The lowest BCUT2D eigenvalue weighted by molar-refractivity contribution is -0.120. The van der Waals surface area contributed by atoms with Crippen molar-refractivity contribution in [3.05, 3.63) is 59.6 Å². The number of carbonyl (C=O) groups excluding carboxylic acids is 2. The van der Waals surface area contributed by atoms with Crippen LogP contribution in [0.3, 0.4) is 0 Å². The summed E-state index contributed by atoms with van der Waals surface area (Å²) < 4.78 is 5.96. The molecule has 2 N–H and O–H groups in total. The van der Waals surface area contributed by atoms with Crippen LogP contribution < -0.4 is 15.4 Å². The summed E-state index contributed by atoms with van der Waals surface area (Å²) in [5.41, 5.74) is 3.18. The van der Waals surface area contributed by atoms with E-state index >= 15 is 0 Å². The third-order valence-electron chi connectivity index (χ3n) is 3.98. The first kappa shape index (κ1) is 20.8. The average Bonchev–Trinajstić information content (AvgIpc) is 3.22. The second-order valence-corrected chi connectivity index (χ2v) is 8.20. The number of amides is 2. The Morgan fingerprint density at radius 1 is 1.17 bits per heavy atom. The first-order valence-electron chi connectivity index (χ1n) is 8.79. The smallest absolute Gasteiger partial charge is 0.226 e. The van der Waals surface area contributed by atoms with E-state index in [4.69, 9.17) is 4.74 Å². The van der Waals surface area contributed by atoms with Gasteiger partial charge < -0.3 is 15.4 Å². The van der Waals surface area contributed by atoms with Gasteiger partial charge >= 0.3 is 0 Å². The minimum atomic E-state index is -0.443. The third kappa shape index (κ3) is 6.03. The standard InChI is InChI=1S/C20H20N4O3S2/c1-13(25)22-17(14-7-9-15(27-2)10-8-14)11-19(26)23-16-5-3-4-6-18(16)29-20-24-21-12-28-20/h3-10,12,17H,11H2,1-2H3,(H,22,25)(H,23,26). The number of hydrogen-bond acceptors (Lipinski definition) is 7. The fraction of sp³-hybridized carbons (Fsp3) is 0.200. The molecule has 1 unspecified atom stereocenters. The van der Waals surface area contributed by atoms with Crippen LogP contribution >= 0.6 is 23.1 Å². The highest BCUT2D eigenvalue weighted by Crippen LogP contribution is 2.34. The minimum Gasteiger partial charge on any atom is -0.497 e. The van der Waals surface area contributed by atoms with E-state index in [-0.39, 0.29) is 18.2 Å². The van der Waals surface area contributed by atoms with Gasteiger partial charge in [0.25, 0.3) is 0 Å². The lowest BCUT2D eigenvalue weighted by atomic mass is 10.0. The molecule has 3 rings (SSSR count). The van der Waals surface area contributed by atoms with Crippen LogP contribution in [0, 0.1) is 0 Å². The maximum Gasteiger partial charge on any atom is 0.226 e. The molecule has 0 radical (unpaired) electrons. The molecular formula is C20H20N4O3S2. The van der Waals surface area contributed by atoms with Crippen molar-refractivity contribution < 1.29 is 14.3 Å². The number of methoxy groups -OCH3 is 1. The number of aromatic nitrogens is 2. The summed E-state index contributed by atoms with van der Waals surface area (Å²) in [4.78, 5) is 25.2. The first-order valence-corrected chi connectivity index (χ1v) is 10.5. The Hall–Kier alpha value is -2.91. The van der Waals surface area contributed by atoms with Crippen molar-refractivity contribution in [2.75, 3.05) is 12.4 Å². The lowest BCUT2D eigenvalue weighted by Gasteiger charge is -2.19. The van der Waals surface area contributed by atoms with Crippen LogP contribution in [0.15, 0.2) is 63.3 Å². The van der Waals surface area contributed by atoms with Gasteiger partial charge in [0.15, 0.2) is 4.34 Å². The summed E-state index contributed by atoms with van der Waals surface area (Å²) in [6.07, 6.45) is 0.101. The van der Waals surface area contributed by atoms with E-state index < -0.39 is 6.04 Å². The molecule has 0 fully saturated rings. The molecule has 0 aliphatic carbocycles. The topological polar surface area (TPSA) is 93.2 Å². The Balaban J connectivity index is 1.72. The van der Waals surface area contributed by atoms with Crippen LogP contribution in [-0.4, -0.2) is 29.1 Å². The Bertz CT molecular complexity index is 962. The predicted octanol–water partition coefficient (Wildman–Crippen LogP) is 3.90. The molecular weight excluding hydrogens is 408 g/mol. The highest BCUT2D eigenvalue weighted by atomic mass is 32.2. The van der Waals surface area contributed by atoms with Crippen molar-refractivity contribution in [3.63, 3.8) is 0 Å². The molecule has 0 aliphatic rings. The fourth-order valence-electron chi connectivity index (χ4n) is 2.68. The lowest BCUT2D eigenvalue weighted by Crippen LogP contribution is -2.29. The van der Waals surface area contributed by atoms with Crippen LogP contribution in [-0.2, 0) is 9.59 Å². The van der Waals surface area contributed by atoms with Crippen molar-refractivity contribution >= 4 is 40.6 Å². The van der Waals surface area contributed by atoms with E-state index in [1.54, 1.807) is 24.8 Å². The van der Waals surface area contributed by atoms with E-state index in [0.717, 1.165) is 14.8 Å². The molecule has 1 atom stereocenters. The molecule has 0 saturated heterocycles. The molecule has 150 valence electrons. The zero-order valence-electron chi connectivity index (χ0n) is 15.9. The molecule has 0 saturated carbocycles. The van der Waals surface area contributed by atoms with Crippen molar-refractivity contribution in [3.8, 4) is 5.75 Å². The number of ether oxygens (including phenoxy) is 1. The van der Waals surface area contributed by atoms with Gasteiger partial charge in [-0.15, -0.1) is 10.2 Å². The molecule has 1 heterocycles. The molecule has 2 aromatic carbocycles. The summed E-state index contributed by atoms with van der Waals surface area (Å²) in [5, 5.41) is 13.6. The Kier molecular flexibility index (Phi) is 7.20. The molecule has 3 aromatic rings. The molecule has 29 heavy (non-hydrogen) atoms. The number of anilines is 1. The van der Waals surface area contributed by atoms with Gasteiger partial charge in [-0.1, -0.05) is 47.4 Å². The number of para-hydroxylation sites is 1. The largest absolute Gasteiger partial charge is 0.497 e. The summed E-state index contributed by atoms with van der Waals surface area (Å²) in [5.74, 6) is 0.304. The molecule has 9 heteroatoms. The minimum absolute atomic E-state index is 0.101. The van der Waals surface area contributed by atoms with Crippen molar-refractivity contribution in [2.45, 2.75) is 28.6 Å². The van der Waals surface area contributed by atoms with E-state index in [9.17, 15) is 9.59 Å². The zero-order chi connectivity index (χ0) is 20.6. The second kappa shape index (κ2) is 10.0. The predicted molar refractivity (Wildman–Crippen MR) is 113 cm³/mol. The third-order valence-corrected chi connectivity index (χ3v) is 5.84. The number of nitrogens with one attached hydrogen (secondary N) is 2. The Morgan fingerprint density at radius 2 is 1.93 bits per heavy atom. The SMILES string of the molecule is COc1ccc(C(CC(=O)Nc2ccccc2Sc2nncs2)NC(C)=O)cc1. The Morgan fingerprint density at radius 3 is 2.59 bits per heavy atom. The first-order chi connectivity index (χ1) is 14.0. The molecule has 0 aliphatic heterocycles. The summed E-state index contributed by atoms with van der Waals surface area (Å²) in [7, 11) is 1.59. The maximum atomic E-state index is 12.7. The number of rotatable bonds is 8. The van der Waals surface area contributed by atoms with Gasteiger partial charge in [-0.25, -0.2) is 0 Å². The van der Waals surface area contributed by atoms with Gasteiger partial charge in [0, 0.05) is 11.8 Å². The van der Waals surface area contributed by atoms with Crippen LogP contribution in [0.2, 0.25) is 0 Å². The monoisotopic (exact) mass is 428 g/mol. The average molecular weight is 429 g/mol. The van der Waals surface area contributed by atoms with Crippen LogP contribution in [0.4, 0.5) is 5.69 Å². The van der Waals surface area contributed by atoms with E-state index in [2.05, 4.69) is 20.8 Å². The van der Waals surface area contributed by atoms with Gasteiger partial charge in [-0.2, -0.15) is 0 Å². The zero-order valence-corrected chi connectivity index (χ0v) is 17.5. The van der Waals surface area contributed by atoms with Gasteiger partial charge in [0.1, 0.15) is 11.3 Å².